The normalized spacial score (nSPS) is 12.9. The van der Waals surface area contributed by atoms with Gasteiger partial charge in [0, 0.05) is 19.3 Å². The molecule has 0 aliphatic rings. The summed E-state index contributed by atoms with van der Waals surface area (Å²) in [6.07, 6.45) is -4.55. The molecular formula is C11H10F4N2. The second-order valence-corrected chi connectivity index (χ2v) is 3.58. The highest BCUT2D eigenvalue weighted by Gasteiger charge is 2.40. The third kappa shape index (κ3) is 3.63. The monoisotopic (exact) mass is 246 g/mol. The summed E-state index contributed by atoms with van der Waals surface area (Å²) < 4.78 is 49.7. The molecule has 0 bridgehead atoms. The Morgan fingerprint density at radius 1 is 1.29 bits per heavy atom. The SMILES string of the molecule is CN(CC(C#N)C(F)(F)F)c1ccc(F)cc1. The van der Waals surface area contributed by atoms with E-state index in [1.807, 2.05) is 0 Å². The molecular weight excluding hydrogens is 236 g/mol. The van der Waals surface area contributed by atoms with E-state index in [0.29, 0.717) is 5.69 Å². The lowest BCUT2D eigenvalue weighted by molar-refractivity contribution is -0.156. The van der Waals surface area contributed by atoms with Crippen LogP contribution in [0, 0.1) is 23.1 Å². The molecule has 0 radical (unpaired) electrons. The number of rotatable bonds is 3. The van der Waals surface area contributed by atoms with E-state index >= 15 is 0 Å². The summed E-state index contributed by atoms with van der Waals surface area (Å²) in [5, 5.41) is 8.44. The van der Waals surface area contributed by atoms with Crippen molar-refractivity contribution in [1.29, 1.82) is 5.26 Å². The summed E-state index contributed by atoms with van der Waals surface area (Å²) in [6, 6.07) is 6.24. The zero-order chi connectivity index (χ0) is 13.1. The molecule has 92 valence electrons. The molecule has 0 heterocycles. The van der Waals surface area contributed by atoms with E-state index in [9.17, 15) is 17.6 Å². The molecule has 0 aliphatic carbocycles. The van der Waals surface area contributed by atoms with Gasteiger partial charge in [0.05, 0.1) is 6.07 Å². The van der Waals surface area contributed by atoms with Gasteiger partial charge in [0.1, 0.15) is 5.82 Å². The highest BCUT2D eigenvalue weighted by atomic mass is 19.4. The fraction of sp³-hybridized carbons (Fsp3) is 0.364. The van der Waals surface area contributed by atoms with Crippen LogP contribution in [0.3, 0.4) is 0 Å². The van der Waals surface area contributed by atoms with Gasteiger partial charge in [-0.15, -0.1) is 0 Å². The maximum Gasteiger partial charge on any atom is 0.406 e. The van der Waals surface area contributed by atoms with Crippen molar-refractivity contribution in [3.8, 4) is 6.07 Å². The standard InChI is InChI=1S/C11H10F4N2/c1-17(7-8(6-16)11(13,14)15)10-4-2-9(12)3-5-10/h2-5,8H,7H2,1H3. The Morgan fingerprint density at radius 2 is 1.82 bits per heavy atom. The van der Waals surface area contributed by atoms with Crippen molar-refractivity contribution in [1.82, 2.24) is 0 Å². The molecule has 1 aromatic carbocycles. The molecule has 0 fully saturated rings. The maximum absolute atomic E-state index is 12.6. The zero-order valence-corrected chi connectivity index (χ0v) is 9.00. The van der Waals surface area contributed by atoms with E-state index in [0.717, 1.165) is 12.1 Å². The van der Waals surface area contributed by atoms with Crippen LogP contribution in [0.25, 0.3) is 0 Å². The first-order valence-corrected chi connectivity index (χ1v) is 4.77. The number of hydrogen-bond acceptors (Lipinski definition) is 2. The Morgan fingerprint density at radius 3 is 2.24 bits per heavy atom. The van der Waals surface area contributed by atoms with Gasteiger partial charge in [-0.2, -0.15) is 18.4 Å². The molecule has 0 saturated heterocycles. The minimum Gasteiger partial charge on any atom is -0.373 e. The van der Waals surface area contributed by atoms with Crippen LogP contribution in [0.1, 0.15) is 0 Å². The van der Waals surface area contributed by atoms with Gasteiger partial charge in [-0.05, 0) is 24.3 Å². The number of anilines is 1. The van der Waals surface area contributed by atoms with Crippen LogP contribution >= 0.6 is 0 Å². The van der Waals surface area contributed by atoms with E-state index in [1.165, 1.54) is 30.1 Å². The summed E-state index contributed by atoms with van der Waals surface area (Å²) in [5.41, 5.74) is 0.427. The van der Waals surface area contributed by atoms with Crippen LogP contribution in [0.4, 0.5) is 23.2 Å². The number of nitriles is 1. The molecule has 1 rings (SSSR count). The van der Waals surface area contributed by atoms with Gasteiger partial charge in [-0.1, -0.05) is 0 Å². The molecule has 0 N–H and O–H groups in total. The summed E-state index contributed by atoms with van der Waals surface area (Å²) in [5.74, 6) is -2.52. The highest BCUT2D eigenvalue weighted by molar-refractivity contribution is 5.45. The molecule has 0 saturated carbocycles. The molecule has 0 aliphatic heterocycles. The van der Waals surface area contributed by atoms with Crippen molar-refractivity contribution in [2.45, 2.75) is 6.18 Å². The minimum absolute atomic E-state index is 0.427. The maximum atomic E-state index is 12.6. The molecule has 0 amide bonds. The van der Waals surface area contributed by atoms with Crippen LogP contribution in [0.15, 0.2) is 24.3 Å². The van der Waals surface area contributed by atoms with Gasteiger partial charge in [0.25, 0.3) is 0 Å². The Kier molecular flexibility index (Phi) is 3.94. The third-order valence-corrected chi connectivity index (χ3v) is 2.27. The molecule has 2 nitrogen and oxygen atoms in total. The lowest BCUT2D eigenvalue weighted by Gasteiger charge is -2.23. The first kappa shape index (κ1) is 13.3. The third-order valence-electron chi connectivity index (χ3n) is 2.27. The van der Waals surface area contributed by atoms with E-state index in [4.69, 9.17) is 5.26 Å². The second kappa shape index (κ2) is 5.04. The average Bonchev–Trinajstić information content (AvgIpc) is 2.24. The van der Waals surface area contributed by atoms with Crippen LogP contribution in [-0.4, -0.2) is 19.8 Å². The van der Waals surface area contributed by atoms with Crippen molar-refractivity contribution in [3.63, 3.8) is 0 Å². The first-order valence-electron chi connectivity index (χ1n) is 4.77. The zero-order valence-electron chi connectivity index (χ0n) is 9.00. The van der Waals surface area contributed by atoms with Gasteiger partial charge in [0.2, 0.25) is 0 Å². The Bertz CT molecular complexity index is 405. The molecule has 17 heavy (non-hydrogen) atoms. The summed E-state index contributed by atoms with van der Waals surface area (Å²) in [7, 11) is 1.42. The number of alkyl halides is 3. The van der Waals surface area contributed by atoms with Crippen molar-refractivity contribution in [2.75, 3.05) is 18.5 Å². The molecule has 1 unspecified atom stereocenters. The van der Waals surface area contributed by atoms with Crippen LogP contribution < -0.4 is 4.90 Å². The summed E-state index contributed by atoms with van der Waals surface area (Å²) in [4.78, 5) is 1.26. The number of hydrogen-bond donors (Lipinski definition) is 0. The smallest absolute Gasteiger partial charge is 0.373 e. The molecule has 0 spiro atoms. The average molecular weight is 246 g/mol. The quantitative estimate of drug-likeness (QED) is 0.766. The van der Waals surface area contributed by atoms with E-state index < -0.39 is 24.5 Å². The lowest BCUT2D eigenvalue weighted by Crippen LogP contribution is -2.33. The van der Waals surface area contributed by atoms with Crippen molar-refractivity contribution in [3.05, 3.63) is 30.1 Å². The molecule has 1 aromatic rings. The van der Waals surface area contributed by atoms with Crippen molar-refractivity contribution >= 4 is 5.69 Å². The number of halogens is 4. The predicted octanol–water partition coefficient (Wildman–Crippen LogP) is 2.96. The largest absolute Gasteiger partial charge is 0.406 e. The van der Waals surface area contributed by atoms with Gasteiger partial charge in [-0.3, -0.25) is 0 Å². The van der Waals surface area contributed by atoms with E-state index in [-0.39, 0.29) is 0 Å². The lowest BCUT2D eigenvalue weighted by atomic mass is 10.1. The van der Waals surface area contributed by atoms with Crippen molar-refractivity contribution in [2.24, 2.45) is 5.92 Å². The summed E-state index contributed by atoms with van der Waals surface area (Å²) in [6.45, 7) is -0.481. The first-order chi connectivity index (χ1) is 7.84. The van der Waals surface area contributed by atoms with Crippen molar-refractivity contribution < 1.29 is 17.6 Å². The van der Waals surface area contributed by atoms with Crippen LogP contribution in [-0.2, 0) is 0 Å². The van der Waals surface area contributed by atoms with Gasteiger partial charge in [-0.25, -0.2) is 4.39 Å². The summed E-state index contributed by atoms with van der Waals surface area (Å²) >= 11 is 0. The van der Waals surface area contributed by atoms with E-state index in [2.05, 4.69) is 0 Å². The van der Waals surface area contributed by atoms with Gasteiger partial charge < -0.3 is 4.90 Å². The Hall–Kier alpha value is -1.77. The fourth-order valence-corrected chi connectivity index (χ4v) is 1.29. The molecule has 6 heteroatoms. The van der Waals surface area contributed by atoms with E-state index in [1.54, 1.807) is 0 Å². The molecule has 0 aromatic heterocycles. The van der Waals surface area contributed by atoms with Crippen LogP contribution in [0.2, 0.25) is 0 Å². The Balaban J connectivity index is 2.75. The minimum atomic E-state index is -4.55. The predicted molar refractivity (Wildman–Crippen MR) is 54.8 cm³/mol. The topological polar surface area (TPSA) is 27.0 Å². The Labute approximate surface area is 96.1 Å². The van der Waals surface area contributed by atoms with Gasteiger partial charge >= 0.3 is 6.18 Å². The van der Waals surface area contributed by atoms with Crippen LogP contribution in [0.5, 0.6) is 0 Å². The highest BCUT2D eigenvalue weighted by Crippen LogP contribution is 2.27. The second-order valence-electron chi connectivity index (χ2n) is 3.58. The van der Waals surface area contributed by atoms with Gasteiger partial charge in [0.15, 0.2) is 5.92 Å². The fourth-order valence-electron chi connectivity index (χ4n) is 1.29. The molecule has 1 atom stereocenters. The number of benzene rings is 1. The number of nitrogens with zero attached hydrogens (tertiary/aromatic N) is 2.